The first kappa shape index (κ1) is 18.3. The van der Waals surface area contributed by atoms with Crippen LogP contribution in [0.3, 0.4) is 0 Å². The van der Waals surface area contributed by atoms with Crippen molar-refractivity contribution < 1.29 is 21.6 Å². The van der Waals surface area contributed by atoms with Gasteiger partial charge in [-0.2, -0.15) is 13.2 Å². The monoisotopic (exact) mass is 357 g/mol. The summed E-state index contributed by atoms with van der Waals surface area (Å²) >= 11 is 0. The largest absolute Gasteiger partial charge is 0.416 e. The SMILES string of the molecule is CC(CNc1ccccc1S(C)(=O)=O)c1ccc(C(F)(F)F)cc1. The summed E-state index contributed by atoms with van der Waals surface area (Å²) in [7, 11) is -3.36. The molecule has 2 rings (SSSR count). The fourth-order valence-electron chi connectivity index (χ4n) is 2.32. The van der Waals surface area contributed by atoms with Crippen LogP contribution in [-0.2, 0) is 16.0 Å². The summed E-state index contributed by atoms with van der Waals surface area (Å²) in [6.45, 7) is 2.26. The van der Waals surface area contributed by atoms with Crippen LogP contribution in [0.1, 0.15) is 24.0 Å². The number of hydrogen-bond donors (Lipinski definition) is 1. The molecule has 130 valence electrons. The van der Waals surface area contributed by atoms with Crippen molar-refractivity contribution in [1.82, 2.24) is 0 Å². The lowest BCUT2D eigenvalue weighted by Crippen LogP contribution is -2.13. The zero-order chi connectivity index (χ0) is 18.0. The maximum atomic E-state index is 12.6. The van der Waals surface area contributed by atoms with Crippen LogP contribution in [0.5, 0.6) is 0 Å². The highest BCUT2D eigenvalue weighted by Crippen LogP contribution is 2.30. The van der Waals surface area contributed by atoms with Gasteiger partial charge in [0.25, 0.3) is 0 Å². The number of halogens is 3. The number of para-hydroxylation sites is 1. The van der Waals surface area contributed by atoms with Gasteiger partial charge in [-0.3, -0.25) is 0 Å². The third-order valence-electron chi connectivity index (χ3n) is 3.69. The van der Waals surface area contributed by atoms with Crippen molar-refractivity contribution in [3.05, 3.63) is 59.7 Å². The van der Waals surface area contributed by atoms with Gasteiger partial charge in [0.15, 0.2) is 9.84 Å². The van der Waals surface area contributed by atoms with Crippen molar-refractivity contribution in [2.75, 3.05) is 18.1 Å². The number of benzene rings is 2. The minimum absolute atomic E-state index is 0.0834. The van der Waals surface area contributed by atoms with Crippen molar-refractivity contribution >= 4 is 15.5 Å². The zero-order valence-corrected chi connectivity index (χ0v) is 14.1. The Hall–Kier alpha value is -2.02. The molecule has 0 amide bonds. The van der Waals surface area contributed by atoms with Gasteiger partial charge in [-0.15, -0.1) is 0 Å². The summed E-state index contributed by atoms with van der Waals surface area (Å²) in [4.78, 5) is 0.199. The molecular formula is C17H18F3NO2S. The van der Waals surface area contributed by atoms with E-state index < -0.39 is 21.6 Å². The van der Waals surface area contributed by atoms with Gasteiger partial charge in [0.1, 0.15) is 0 Å². The van der Waals surface area contributed by atoms with Crippen LogP contribution in [0.4, 0.5) is 18.9 Å². The van der Waals surface area contributed by atoms with E-state index in [0.29, 0.717) is 12.2 Å². The van der Waals surface area contributed by atoms with E-state index in [9.17, 15) is 21.6 Å². The fourth-order valence-corrected chi connectivity index (χ4v) is 3.18. The van der Waals surface area contributed by atoms with Gasteiger partial charge in [-0.05, 0) is 35.7 Å². The number of alkyl halides is 3. The number of nitrogens with one attached hydrogen (secondary N) is 1. The highest BCUT2D eigenvalue weighted by Gasteiger charge is 2.30. The predicted molar refractivity (Wildman–Crippen MR) is 87.9 cm³/mol. The standard InChI is InChI=1S/C17H18F3NO2S/c1-12(13-7-9-14(10-8-13)17(18,19)20)11-21-15-5-3-4-6-16(15)24(2,22)23/h3-10,12,21H,11H2,1-2H3. The van der Waals surface area contributed by atoms with Crippen LogP contribution < -0.4 is 5.32 Å². The van der Waals surface area contributed by atoms with Gasteiger partial charge >= 0.3 is 6.18 Å². The molecule has 0 aliphatic heterocycles. The van der Waals surface area contributed by atoms with Crippen molar-refractivity contribution in [2.24, 2.45) is 0 Å². The maximum Gasteiger partial charge on any atom is 0.416 e. The molecule has 24 heavy (non-hydrogen) atoms. The summed E-state index contributed by atoms with van der Waals surface area (Å²) in [6.07, 6.45) is -3.22. The first-order valence-electron chi connectivity index (χ1n) is 7.29. The highest BCUT2D eigenvalue weighted by molar-refractivity contribution is 7.90. The quantitative estimate of drug-likeness (QED) is 0.867. The Morgan fingerprint density at radius 2 is 1.62 bits per heavy atom. The zero-order valence-electron chi connectivity index (χ0n) is 13.3. The summed E-state index contributed by atoms with van der Waals surface area (Å²) in [5, 5.41) is 3.06. The molecule has 0 bridgehead atoms. The first-order valence-corrected chi connectivity index (χ1v) is 9.18. The van der Waals surface area contributed by atoms with E-state index in [4.69, 9.17) is 0 Å². The highest BCUT2D eigenvalue weighted by atomic mass is 32.2. The molecule has 0 saturated carbocycles. The van der Waals surface area contributed by atoms with Gasteiger partial charge < -0.3 is 5.32 Å². The Bertz CT molecular complexity index is 799. The van der Waals surface area contributed by atoms with Crippen LogP contribution in [0.15, 0.2) is 53.4 Å². The third kappa shape index (κ3) is 4.50. The Morgan fingerprint density at radius 3 is 2.17 bits per heavy atom. The molecule has 0 aromatic heterocycles. The second-order valence-electron chi connectivity index (χ2n) is 5.67. The van der Waals surface area contributed by atoms with Gasteiger partial charge in [0.2, 0.25) is 0 Å². The van der Waals surface area contributed by atoms with Crippen LogP contribution in [0, 0.1) is 0 Å². The lowest BCUT2D eigenvalue weighted by atomic mass is 9.99. The lowest BCUT2D eigenvalue weighted by molar-refractivity contribution is -0.137. The Kier molecular flexibility index (Phi) is 5.22. The molecule has 0 saturated heterocycles. The van der Waals surface area contributed by atoms with E-state index in [1.54, 1.807) is 18.2 Å². The summed E-state index contributed by atoms with van der Waals surface area (Å²) in [5.74, 6) is -0.0834. The second-order valence-corrected chi connectivity index (χ2v) is 7.65. The summed E-state index contributed by atoms with van der Waals surface area (Å²) in [6, 6.07) is 11.5. The minimum Gasteiger partial charge on any atom is -0.383 e. The summed E-state index contributed by atoms with van der Waals surface area (Å²) in [5.41, 5.74) is 0.542. The van der Waals surface area contributed by atoms with E-state index in [2.05, 4.69) is 5.32 Å². The molecular weight excluding hydrogens is 339 g/mol. The molecule has 0 heterocycles. The Labute approximate surface area is 139 Å². The molecule has 0 fully saturated rings. The normalized spacial score (nSPS) is 13.5. The average Bonchev–Trinajstić information content (AvgIpc) is 2.51. The molecule has 1 atom stereocenters. The molecule has 2 aromatic carbocycles. The van der Waals surface area contributed by atoms with Gasteiger partial charge in [-0.25, -0.2) is 8.42 Å². The first-order chi connectivity index (χ1) is 11.1. The van der Waals surface area contributed by atoms with Crippen LogP contribution in [-0.4, -0.2) is 21.2 Å². The Morgan fingerprint density at radius 1 is 1.04 bits per heavy atom. The van der Waals surface area contributed by atoms with Crippen molar-refractivity contribution in [2.45, 2.75) is 23.9 Å². The third-order valence-corrected chi connectivity index (χ3v) is 4.85. The number of rotatable bonds is 5. The minimum atomic E-state index is -4.35. The van der Waals surface area contributed by atoms with Crippen LogP contribution >= 0.6 is 0 Å². The molecule has 2 aromatic rings. The van der Waals surface area contributed by atoms with Crippen LogP contribution in [0.2, 0.25) is 0 Å². The second kappa shape index (κ2) is 6.84. The lowest BCUT2D eigenvalue weighted by Gasteiger charge is -2.16. The molecule has 3 nitrogen and oxygen atoms in total. The summed E-state index contributed by atoms with van der Waals surface area (Å²) < 4.78 is 61.2. The van der Waals surface area contributed by atoms with E-state index in [1.165, 1.54) is 18.2 Å². The molecule has 7 heteroatoms. The Balaban J connectivity index is 2.10. The molecule has 0 aliphatic carbocycles. The molecule has 1 N–H and O–H groups in total. The number of hydrogen-bond acceptors (Lipinski definition) is 3. The maximum absolute atomic E-state index is 12.6. The van der Waals surface area contributed by atoms with Crippen molar-refractivity contribution in [1.29, 1.82) is 0 Å². The van der Waals surface area contributed by atoms with Crippen LogP contribution in [0.25, 0.3) is 0 Å². The number of sulfone groups is 1. The molecule has 0 spiro atoms. The van der Waals surface area contributed by atoms with E-state index >= 15 is 0 Å². The molecule has 0 radical (unpaired) electrons. The average molecular weight is 357 g/mol. The van der Waals surface area contributed by atoms with Crippen molar-refractivity contribution in [3.8, 4) is 0 Å². The topological polar surface area (TPSA) is 46.2 Å². The number of anilines is 1. The molecule has 1 unspecified atom stereocenters. The van der Waals surface area contributed by atoms with Gasteiger partial charge in [0, 0.05) is 12.8 Å². The predicted octanol–water partition coefficient (Wildman–Crippen LogP) is 4.32. The fraction of sp³-hybridized carbons (Fsp3) is 0.294. The van der Waals surface area contributed by atoms with E-state index in [0.717, 1.165) is 24.0 Å². The smallest absolute Gasteiger partial charge is 0.383 e. The molecule has 0 aliphatic rings. The van der Waals surface area contributed by atoms with E-state index in [1.807, 2.05) is 6.92 Å². The van der Waals surface area contributed by atoms with Crippen molar-refractivity contribution in [3.63, 3.8) is 0 Å². The van der Waals surface area contributed by atoms with E-state index in [-0.39, 0.29) is 10.8 Å². The van der Waals surface area contributed by atoms with Gasteiger partial charge in [0.05, 0.1) is 16.1 Å². The van der Waals surface area contributed by atoms with Gasteiger partial charge in [-0.1, -0.05) is 31.2 Å².